The van der Waals surface area contributed by atoms with E-state index in [-0.39, 0.29) is 11.4 Å². The Morgan fingerprint density at radius 1 is 1.20 bits per heavy atom. The molecule has 108 valence electrons. The van der Waals surface area contributed by atoms with Gasteiger partial charge in [-0.1, -0.05) is 0 Å². The minimum absolute atomic E-state index is 0.0152. The van der Waals surface area contributed by atoms with Crippen LogP contribution in [-0.4, -0.2) is 15.3 Å². The van der Waals surface area contributed by atoms with Crippen LogP contribution >= 0.6 is 0 Å². The Kier molecular flexibility index (Phi) is 3.95. The maximum atomic E-state index is 13.5. The summed E-state index contributed by atoms with van der Waals surface area (Å²) < 4.78 is 15.4. The van der Waals surface area contributed by atoms with Crippen molar-refractivity contribution in [2.45, 2.75) is 46.7 Å². The van der Waals surface area contributed by atoms with E-state index < -0.39 is 0 Å². The first-order valence-electron chi connectivity index (χ1n) is 6.83. The van der Waals surface area contributed by atoms with Gasteiger partial charge in [0.1, 0.15) is 5.82 Å². The molecule has 0 aliphatic rings. The molecule has 0 amide bonds. The lowest BCUT2D eigenvalue weighted by Gasteiger charge is -2.22. The minimum Gasteiger partial charge on any atom is -0.308 e. The van der Waals surface area contributed by atoms with Crippen molar-refractivity contribution in [1.82, 2.24) is 15.1 Å². The van der Waals surface area contributed by atoms with Crippen molar-refractivity contribution in [1.29, 1.82) is 0 Å². The van der Waals surface area contributed by atoms with Crippen molar-refractivity contribution in [3.63, 3.8) is 0 Å². The summed E-state index contributed by atoms with van der Waals surface area (Å²) >= 11 is 0. The number of halogens is 1. The zero-order chi connectivity index (χ0) is 14.9. The van der Waals surface area contributed by atoms with Crippen molar-refractivity contribution in [2.24, 2.45) is 0 Å². The van der Waals surface area contributed by atoms with E-state index >= 15 is 0 Å². The van der Waals surface area contributed by atoms with Gasteiger partial charge in [0.15, 0.2) is 0 Å². The Hall–Kier alpha value is -1.68. The first kappa shape index (κ1) is 14.7. The van der Waals surface area contributed by atoms with E-state index in [1.807, 2.05) is 24.6 Å². The smallest absolute Gasteiger partial charge is 0.123 e. The number of aromatic nitrogens is 2. The maximum absolute atomic E-state index is 13.5. The second kappa shape index (κ2) is 5.37. The van der Waals surface area contributed by atoms with Crippen molar-refractivity contribution in [2.75, 3.05) is 0 Å². The second-order valence-corrected chi connectivity index (χ2v) is 6.22. The quantitative estimate of drug-likeness (QED) is 0.929. The largest absolute Gasteiger partial charge is 0.308 e. The van der Waals surface area contributed by atoms with Crippen LogP contribution in [0.2, 0.25) is 0 Å². The molecule has 0 unspecified atom stereocenters. The minimum atomic E-state index is -0.221. The third-order valence-electron chi connectivity index (χ3n) is 3.09. The molecule has 0 bridgehead atoms. The van der Waals surface area contributed by atoms with Crippen LogP contribution in [0, 0.1) is 19.7 Å². The third kappa shape index (κ3) is 3.45. The van der Waals surface area contributed by atoms with E-state index in [0.717, 1.165) is 22.6 Å². The van der Waals surface area contributed by atoms with Gasteiger partial charge < -0.3 is 5.32 Å². The predicted octanol–water partition coefficient (Wildman–Crippen LogP) is 3.52. The predicted molar refractivity (Wildman–Crippen MR) is 79.6 cm³/mol. The highest BCUT2D eigenvalue weighted by Crippen LogP contribution is 2.19. The summed E-state index contributed by atoms with van der Waals surface area (Å²) in [5.74, 6) is -0.221. The van der Waals surface area contributed by atoms with Gasteiger partial charge in [0.25, 0.3) is 0 Å². The van der Waals surface area contributed by atoms with Crippen molar-refractivity contribution < 1.29 is 4.39 Å². The standard InChI is InChI=1S/C16H22FN3/c1-11-8-12(2)20(19-11)15-7-6-14(17)9-13(15)10-18-16(3,4)5/h6-9,18H,10H2,1-5H3. The third-order valence-corrected chi connectivity index (χ3v) is 3.09. The molecule has 3 nitrogen and oxygen atoms in total. The highest BCUT2D eigenvalue weighted by atomic mass is 19.1. The molecule has 0 atom stereocenters. The molecule has 1 heterocycles. The SMILES string of the molecule is Cc1cc(C)n(-c2ccc(F)cc2CNC(C)(C)C)n1. The molecular weight excluding hydrogens is 253 g/mol. The van der Waals surface area contributed by atoms with Crippen LogP contribution in [0.3, 0.4) is 0 Å². The van der Waals surface area contributed by atoms with Gasteiger partial charge in [0, 0.05) is 17.8 Å². The van der Waals surface area contributed by atoms with Gasteiger partial charge in [-0.15, -0.1) is 0 Å². The molecule has 4 heteroatoms. The van der Waals surface area contributed by atoms with Crippen LogP contribution in [0.15, 0.2) is 24.3 Å². The molecule has 0 spiro atoms. The van der Waals surface area contributed by atoms with Crippen LogP contribution in [0.1, 0.15) is 37.7 Å². The lowest BCUT2D eigenvalue weighted by atomic mass is 10.1. The van der Waals surface area contributed by atoms with E-state index in [4.69, 9.17) is 0 Å². The Morgan fingerprint density at radius 2 is 1.90 bits per heavy atom. The van der Waals surface area contributed by atoms with E-state index in [1.54, 1.807) is 12.1 Å². The fourth-order valence-electron chi connectivity index (χ4n) is 2.14. The summed E-state index contributed by atoms with van der Waals surface area (Å²) in [6, 6.07) is 6.86. The molecule has 20 heavy (non-hydrogen) atoms. The van der Waals surface area contributed by atoms with Gasteiger partial charge in [0.2, 0.25) is 0 Å². The van der Waals surface area contributed by atoms with Crippen molar-refractivity contribution >= 4 is 0 Å². The second-order valence-electron chi connectivity index (χ2n) is 6.22. The van der Waals surface area contributed by atoms with Gasteiger partial charge in [-0.25, -0.2) is 9.07 Å². The Morgan fingerprint density at radius 3 is 2.45 bits per heavy atom. The van der Waals surface area contributed by atoms with Gasteiger partial charge in [-0.3, -0.25) is 0 Å². The van der Waals surface area contributed by atoms with Crippen LogP contribution in [0.5, 0.6) is 0 Å². The number of aryl methyl sites for hydroxylation is 2. The van der Waals surface area contributed by atoms with Crippen LogP contribution in [0.4, 0.5) is 4.39 Å². The fourth-order valence-corrected chi connectivity index (χ4v) is 2.14. The average molecular weight is 275 g/mol. The summed E-state index contributed by atoms with van der Waals surface area (Å²) in [4.78, 5) is 0. The van der Waals surface area contributed by atoms with E-state index in [9.17, 15) is 4.39 Å². The summed E-state index contributed by atoms with van der Waals surface area (Å²) in [5.41, 5.74) is 3.83. The summed E-state index contributed by atoms with van der Waals surface area (Å²) in [5, 5.41) is 7.88. The number of rotatable bonds is 3. The molecule has 1 aromatic heterocycles. The highest BCUT2D eigenvalue weighted by Gasteiger charge is 2.13. The topological polar surface area (TPSA) is 29.9 Å². The molecule has 0 aliphatic carbocycles. The molecule has 0 radical (unpaired) electrons. The Bertz CT molecular complexity index is 609. The number of nitrogens with zero attached hydrogens (tertiary/aromatic N) is 2. The zero-order valence-electron chi connectivity index (χ0n) is 12.8. The number of nitrogens with one attached hydrogen (secondary N) is 1. The van der Waals surface area contributed by atoms with Crippen LogP contribution in [-0.2, 0) is 6.54 Å². The van der Waals surface area contributed by atoms with E-state index in [2.05, 4.69) is 31.2 Å². The number of hydrogen-bond donors (Lipinski definition) is 1. The lowest BCUT2D eigenvalue weighted by Crippen LogP contribution is -2.35. The van der Waals surface area contributed by atoms with Gasteiger partial charge >= 0.3 is 0 Å². The molecule has 1 aromatic carbocycles. The molecule has 2 rings (SSSR count). The molecule has 2 aromatic rings. The Labute approximate surface area is 119 Å². The van der Waals surface area contributed by atoms with E-state index in [1.165, 1.54) is 6.07 Å². The fraction of sp³-hybridized carbons (Fsp3) is 0.438. The van der Waals surface area contributed by atoms with Gasteiger partial charge in [0.05, 0.1) is 11.4 Å². The maximum Gasteiger partial charge on any atom is 0.123 e. The van der Waals surface area contributed by atoms with Crippen molar-refractivity contribution in [3.8, 4) is 5.69 Å². The molecular formula is C16H22FN3. The first-order chi connectivity index (χ1) is 9.26. The molecule has 1 N–H and O–H groups in total. The summed E-state index contributed by atoms with van der Waals surface area (Å²) in [6.45, 7) is 10.8. The van der Waals surface area contributed by atoms with Crippen molar-refractivity contribution in [3.05, 3.63) is 47.0 Å². The number of hydrogen-bond acceptors (Lipinski definition) is 2. The summed E-state index contributed by atoms with van der Waals surface area (Å²) in [6.07, 6.45) is 0. The van der Waals surface area contributed by atoms with Crippen LogP contribution in [0.25, 0.3) is 5.69 Å². The van der Waals surface area contributed by atoms with E-state index in [0.29, 0.717) is 6.54 Å². The molecule has 0 saturated carbocycles. The lowest BCUT2D eigenvalue weighted by molar-refractivity contribution is 0.423. The average Bonchev–Trinajstić information content (AvgIpc) is 2.65. The number of benzene rings is 1. The highest BCUT2D eigenvalue weighted by molar-refractivity contribution is 5.42. The molecule has 0 saturated heterocycles. The zero-order valence-corrected chi connectivity index (χ0v) is 12.8. The monoisotopic (exact) mass is 275 g/mol. The van der Waals surface area contributed by atoms with Crippen LogP contribution < -0.4 is 5.32 Å². The van der Waals surface area contributed by atoms with Gasteiger partial charge in [-0.05, 0) is 64.4 Å². The van der Waals surface area contributed by atoms with Gasteiger partial charge in [-0.2, -0.15) is 5.10 Å². The molecule has 0 fully saturated rings. The molecule has 0 aliphatic heterocycles. The Balaban J connectivity index is 2.40. The normalized spacial score (nSPS) is 11.9. The first-order valence-corrected chi connectivity index (χ1v) is 6.83. The summed E-state index contributed by atoms with van der Waals surface area (Å²) in [7, 11) is 0.